The predicted octanol–water partition coefficient (Wildman–Crippen LogP) is 1.52. The molecule has 0 N–H and O–H groups in total. The summed E-state index contributed by atoms with van der Waals surface area (Å²) in [6.07, 6.45) is 3.94. The molecular weight excluding hydrogens is 282 g/mol. The molecule has 0 unspecified atom stereocenters. The van der Waals surface area contributed by atoms with Crippen molar-refractivity contribution in [3.63, 3.8) is 0 Å². The molecule has 0 spiro atoms. The first-order valence-electron chi connectivity index (χ1n) is 8.18. The van der Waals surface area contributed by atoms with E-state index < -0.39 is 0 Å². The van der Waals surface area contributed by atoms with Crippen molar-refractivity contribution in [1.29, 1.82) is 0 Å². The standard InChI is InChI=1S/C15H25N5O2/c1-12(2)10-20-11-16-17-14(20)13-4-3-5-18(13)6-7-19-8-9-22-15(19)21/h11-13H,3-10H2,1-2H3/t13-/m0/s1. The van der Waals surface area contributed by atoms with E-state index in [2.05, 4.69) is 33.5 Å². The fourth-order valence-corrected chi connectivity index (χ4v) is 3.32. The van der Waals surface area contributed by atoms with Crippen LogP contribution in [0, 0.1) is 5.92 Å². The topological polar surface area (TPSA) is 63.5 Å². The molecule has 7 heteroatoms. The van der Waals surface area contributed by atoms with E-state index in [1.165, 1.54) is 6.42 Å². The third kappa shape index (κ3) is 3.24. The van der Waals surface area contributed by atoms with Crippen LogP contribution in [-0.4, -0.2) is 63.4 Å². The second-order valence-corrected chi connectivity index (χ2v) is 6.53. The Bertz CT molecular complexity index is 516. The quantitative estimate of drug-likeness (QED) is 0.797. The number of carbonyl (C=O) groups is 1. The number of hydrogen-bond acceptors (Lipinski definition) is 5. The molecule has 1 aromatic rings. The predicted molar refractivity (Wildman–Crippen MR) is 81.3 cm³/mol. The summed E-state index contributed by atoms with van der Waals surface area (Å²) in [6.45, 7) is 9.24. The van der Waals surface area contributed by atoms with Gasteiger partial charge in [0.05, 0.1) is 12.6 Å². The van der Waals surface area contributed by atoms with E-state index in [1.807, 2.05) is 6.33 Å². The molecule has 2 saturated heterocycles. The normalized spacial score (nSPS) is 22.8. The molecule has 1 atom stereocenters. The number of hydrogen-bond donors (Lipinski definition) is 0. The molecule has 0 radical (unpaired) electrons. The molecule has 3 rings (SSSR count). The number of nitrogens with zero attached hydrogens (tertiary/aromatic N) is 5. The molecule has 2 aliphatic heterocycles. The molecule has 3 heterocycles. The number of carbonyl (C=O) groups excluding carboxylic acids is 1. The Balaban J connectivity index is 1.63. The largest absolute Gasteiger partial charge is 0.448 e. The highest BCUT2D eigenvalue weighted by Crippen LogP contribution is 2.30. The van der Waals surface area contributed by atoms with Gasteiger partial charge in [-0.05, 0) is 25.3 Å². The minimum atomic E-state index is -0.182. The first-order chi connectivity index (χ1) is 10.6. The molecule has 1 amide bonds. The van der Waals surface area contributed by atoms with E-state index in [1.54, 1.807) is 4.90 Å². The van der Waals surface area contributed by atoms with Gasteiger partial charge in [-0.15, -0.1) is 10.2 Å². The third-order valence-corrected chi connectivity index (χ3v) is 4.37. The van der Waals surface area contributed by atoms with Gasteiger partial charge in [0, 0.05) is 19.6 Å². The summed E-state index contributed by atoms with van der Waals surface area (Å²) in [5, 5.41) is 8.47. The van der Waals surface area contributed by atoms with Gasteiger partial charge in [0.15, 0.2) is 0 Å². The number of likely N-dealkylation sites (tertiary alicyclic amines) is 1. The van der Waals surface area contributed by atoms with Crippen molar-refractivity contribution < 1.29 is 9.53 Å². The van der Waals surface area contributed by atoms with Gasteiger partial charge < -0.3 is 14.2 Å². The molecular formula is C15H25N5O2. The van der Waals surface area contributed by atoms with E-state index >= 15 is 0 Å². The van der Waals surface area contributed by atoms with Gasteiger partial charge in [-0.2, -0.15) is 0 Å². The van der Waals surface area contributed by atoms with Crippen molar-refractivity contribution in [2.45, 2.75) is 39.3 Å². The Kier molecular flexibility index (Phi) is 4.61. The van der Waals surface area contributed by atoms with Crippen LogP contribution in [0.5, 0.6) is 0 Å². The van der Waals surface area contributed by atoms with Crippen LogP contribution in [0.2, 0.25) is 0 Å². The molecule has 2 fully saturated rings. The van der Waals surface area contributed by atoms with Gasteiger partial charge in [-0.25, -0.2) is 4.79 Å². The maximum atomic E-state index is 11.5. The zero-order chi connectivity index (χ0) is 15.5. The van der Waals surface area contributed by atoms with E-state index in [-0.39, 0.29) is 6.09 Å². The van der Waals surface area contributed by atoms with Crippen LogP contribution in [-0.2, 0) is 11.3 Å². The Morgan fingerprint density at radius 3 is 2.95 bits per heavy atom. The van der Waals surface area contributed by atoms with Gasteiger partial charge in [0.25, 0.3) is 0 Å². The molecule has 0 bridgehead atoms. The van der Waals surface area contributed by atoms with Crippen molar-refractivity contribution in [3.05, 3.63) is 12.2 Å². The molecule has 0 aromatic carbocycles. The Morgan fingerprint density at radius 1 is 1.36 bits per heavy atom. The summed E-state index contributed by atoms with van der Waals surface area (Å²) >= 11 is 0. The second-order valence-electron chi connectivity index (χ2n) is 6.53. The summed E-state index contributed by atoms with van der Waals surface area (Å²) in [7, 11) is 0. The van der Waals surface area contributed by atoms with Crippen LogP contribution in [0.25, 0.3) is 0 Å². The van der Waals surface area contributed by atoms with Gasteiger partial charge in [-0.1, -0.05) is 13.8 Å². The number of aromatic nitrogens is 3. The van der Waals surface area contributed by atoms with Gasteiger partial charge in [0.1, 0.15) is 18.8 Å². The highest BCUT2D eigenvalue weighted by molar-refractivity contribution is 5.69. The zero-order valence-electron chi connectivity index (χ0n) is 13.4. The van der Waals surface area contributed by atoms with Crippen LogP contribution < -0.4 is 0 Å². The summed E-state index contributed by atoms with van der Waals surface area (Å²) in [6, 6.07) is 0.319. The minimum Gasteiger partial charge on any atom is -0.448 e. The Labute approximate surface area is 131 Å². The summed E-state index contributed by atoms with van der Waals surface area (Å²) < 4.78 is 7.16. The number of cyclic esters (lactones) is 1. The second kappa shape index (κ2) is 6.64. The molecule has 0 aliphatic carbocycles. The average Bonchev–Trinajstić information content (AvgIpc) is 3.16. The average molecular weight is 307 g/mol. The van der Waals surface area contributed by atoms with Gasteiger partial charge in [-0.3, -0.25) is 4.90 Å². The molecule has 2 aliphatic rings. The van der Waals surface area contributed by atoms with Crippen LogP contribution in [0.1, 0.15) is 38.6 Å². The lowest BCUT2D eigenvalue weighted by Crippen LogP contribution is -2.36. The lowest BCUT2D eigenvalue weighted by Gasteiger charge is -2.26. The Hall–Kier alpha value is -1.63. The van der Waals surface area contributed by atoms with E-state index in [0.717, 1.165) is 38.4 Å². The molecule has 122 valence electrons. The third-order valence-electron chi connectivity index (χ3n) is 4.37. The maximum Gasteiger partial charge on any atom is 0.409 e. The molecule has 7 nitrogen and oxygen atoms in total. The first kappa shape index (κ1) is 15.3. The lowest BCUT2D eigenvalue weighted by molar-refractivity contribution is 0.151. The van der Waals surface area contributed by atoms with Gasteiger partial charge in [0.2, 0.25) is 0 Å². The Morgan fingerprint density at radius 2 is 2.23 bits per heavy atom. The van der Waals surface area contributed by atoms with Crippen LogP contribution in [0.3, 0.4) is 0 Å². The van der Waals surface area contributed by atoms with Crippen molar-refractivity contribution in [3.8, 4) is 0 Å². The lowest BCUT2D eigenvalue weighted by atomic mass is 10.2. The zero-order valence-corrected chi connectivity index (χ0v) is 13.4. The van der Waals surface area contributed by atoms with Crippen LogP contribution in [0.15, 0.2) is 6.33 Å². The van der Waals surface area contributed by atoms with Crippen molar-refractivity contribution in [1.82, 2.24) is 24.6 Å². The van der Waals surface area contributed by atoms with E-state index in [9.17, 15) is 4.79 Å². The minimum absolute atomic E-state index is 0.182. The number of ether oxygens (including phenoxy) is 1. The summed E-state index contributed by atoms with van der Waals surface area (Å²) in [4.78, 5) is 15.7. The fourth-order valence-electron chi connectivity index (χ4n) is 3.32. The smallest absolute Gasteiger partial charge is 0.409 e. The first-order valence-corrected chi connectivity index (χ1v) is 8.18. The van der Waals surface area contributed by atoms with Crippen LogP contribution >= 0.6 is 0 Å². The van der Waals surface area contributed by atoms with E-state index in [0.29, 0.717) is 25.1 Å². The number of rotatable bonds is 6. The SMILES string of the molecule is CC(C)Cn1cnnc1[C@@H]1CCCN1CCN1CCOC1=O. The number of amides is 1. The highest BCUT2D eigenvalue weighted by Gasteiger charge is 2.31. The van der Waals surface area contributed by atoms with Crippen molar-refractivity contribution in [2.24, 2.45) is 5.92 Å². The molecule has 0 saturated carbocycles. The summed E-state index contributed by atoms with van der Waals surface area (Å²) in [5.41, 5.74) is 0. The van der Waals surface area contributed by atoms with Crippen LogP contribution in [0.4, 0.5) is 4.79 Å². The summed E-state index contributed by atoms with van der Waals surface area (Å²) in [5.74, 6) is 1.64. The van der Waals surface area contributed by atoms with Crippen molar-refractivity contribution in [2.75, 3.05) is 32.8 Å². The molecule has 22 heavy (non-hydrogen) atoms. The van der Waals surface area contributed by atoms with Crippen molar-refractivity contribution >= 4 is 6.09 Å². The monoisotopic (exact) mass is 307 g/mol. The maximum absolute atomic E-state index is 11.5. The fraction of sp³-hybridized carbons (Fsp3) is 0.800. The highest BCUT2D eigenvalue weighted by atomic mass is 16.6. The molecule has 1 aromatic heterocycles. The van der Waals surface area contributed by atoms with E-state index in [4.69, 9.17) is 4.74 Å². The van der Waals surface area contributed by atoms with Gasteiger partial charge >= 0.3 is 6.09 Å².